The average molecular weight is 360 g/mol. The molecule has 1 aliphatic carbocycles. The minimum absolute atomic E-state index is 0.0340. The van der Waals surface area contributed by atoms with E-state index in [0.29, 0.717) is 23.0 Å². The first-order chi connectivity index (χ1) is 13.2. The number of nitrogens with one attached hydrogen (secondary N) is 1. The van der Waals surface area contributed by atoms with E-state index in [0.717, 1.165) is 23.3 Å². The van der Waals surface area contributed by atoms with E-state index in [2.05, 4.69) is 20.5 Å². The molecule has 134 valence electrons. The van der Waals surface area contributed by atoms with E-state index >= 15 is 0 Å². The number of nitro benzene ring substituents is 1. The van der Waals surface area contributed by atoms with Crippen molar-refractivity contribution in [3.05, 3.63) is 64.5 Å². The normalized spacial score (nSPS) is 13.9. The number of rotatable bonds is 5. The topological polar surface area (TPSA) is 98.2 Å². The van der Waals surface area contributed by atoms with E-state index in [4.69, 9.17) is 0 Å². The number of fused-ring (bicyclic) bond motifs is 3. The van der Waals surface area contributed by atoms with Crippen LogP contribution < -0.4 is 5.32 Å². The van der Waals surface area contributed by atoms with Gasteiger partial charge in [0.05, 0.1) is 10.4 Å². The summed E-state index contributed by atoms with van der Waals surface area (Å²) < 4.78 is 1.84. The zero-order valence-electron chi connectivity index (χ0n) is 14.4. The molecule has 1 aliphatic rings. The van der Waals surface area contributed by atoms with E-state index in [1.165, 1.54) is 18.9 Å². The summed E-state index contributed by atoms with van der Waals surface area (Å²) in [5.41, 5.74) is 1.60. The van der Waals surface area contributed by atoms with Crippen LogP contribution in [0.1, 0.15) is 18.7 Å². The van der Waals surface area contributed by atoms with Crippen LogP contribution in [0.2, 0.25) is 0 Å². The van der Waals surface area contributed by atoms with Crippen molar-refractivity contribution in [3.8, 4) is 0 Å². The Labute approximate surface area is 154 Å². The maximum absolute atomic E-state index is 11.3. The van der Waals surface area contributed by atoms with Crippen LogP contribution in [0, 0.1) is 16.0 Å². The molecule has 2 aromatic heterocycles. The highest BCUT2D eigenvalue weighted by atomic mass is 16.6. The highest BCUT2D eigenvalue weighted by molar-refractivity contribution is 5.94. The van der Waals surface area contributed by atoms with Gasteiger partial charge in [0.1, 0.15) is 11.6 Å². The number of non-ortho nitro benzene ring substituents is 1. The van der Waals surface area contributed by atoms with Crippen LogP contribution in [-0.2, 0) is 6.42 Å². The van der Waals surface area contributed by atoms with Gasteiger partial charge in [-0.2, -0.15) is 4.98 Å². The zero-order chi connectivity index (χ0) is 18.4. The molecule has 2 heterocycles. The van der Waals surface area contributed by atoms with E-state index in [1.807, 2.05) is 34.7 Å². The molecule has 1 saturated carbocycles. The second kappa shape index (κ2) is 6.01. The molecule has 0 atom stereocenters. The first-order valence-corrected chi connectivity index (χ1v) is 8.83. The Balaban J connectivity index is 1.74. The number of nitro groups is 1. The summed E-state index contributed by atoms with van der Waals surface area (Å²) in [5, 5.41) is 23.9. The molecule has 0 unspecified atom stereocenters. The van der Waals surface area contributed by atoms with Gasteiger partial charge in [0.25, 0.3) is 11.5 Å². The zero-order valence-corrected chi connectivity index (χ0v) is 14.4. The highest BCUT2D eigenvalue weighted by Gasteiger charge is 2.25. The molecule has 0 amide bonds. The Hall–Kier alpha value is -3.55. The van der Waals surface area contributed by atoms with Gasteiger partial charge in [0.15, 0.2) is 0 Å². The van der Waals surface area contributed by atoms with Gasteiger partial charge in [-0.1, -0.05) is 18.2 Å². The average Bonchev–Trinajstić information content (AvgIpc) is 3.41. The second-order valence-electron chi connectivity index (χ2n) is 6.81. The Morgan fingerprint density at radius 3 is 2.70 bits per heavy atom. The standard InChI is InChI=1S/C19H16N6O2/c26-25(27)14-8-9-15-16(11-14)24-17(10-12-6-7-12)22-23-19(24)21-18(15)20-13-4-2-1-3-5-13/h1-5,8-9,11-12H,6-7,10H2,(H,20,21,23). The summed E-state index contributed by atoms with van der Waals surface area (Å²) in [6, 6.07) is 14.5. The van der Waals surface area contributed by atoms with Gasteiger partial charge >= 0.3 is 0 Å². The van der Waals surface area contributed by atoms with Crippen molar-refractivity contribution < 1.29 is 4.92 Å². The molecular weight excluding hydrogens is 344 g/mol. The molecule has 8 nitrogen and oxygen atoms in total. The summed E-state index contributed by atoms with van der Waals surface area (Å²) in [5.74, 6) is 2.46. The largest absolute Gasteiger partial charge is 0.340 e. The lowest BCUT2D eigenvalue weighted by molar-refractivity contribution is -0.384. The van der Waals surface area contributed by atoms with Gasteiger partial charge in [0, 0.05) is 29.6 Å². The number of nitrogens with zero attached hydrogens (tertiary/aromatic N) is 5. The third-order valence-electron chi connectivity index (χ3n) is 4.82. The summed E-state index contributed by atoms with van der Waals surface area (Å²) >= 11 is 0. The van der Waals surface area contributed by atoms with Crippen LogP contribution >= 0.6 is 0 Å². The number of benzene rings is 2. The smallest absolute Gasteiger partial charge is 0.271 e. The maximum Gasteiger partial charge on any atom is 0.271 e. The first-order valence-electron chi connectivity index (χ1n) is 8.83. The second-order valence-corrected chi connectivity index (χ2v) is 6.81. The molecule has 27 heavy (non-hydrogen) atoms. The van der Waals surface area contributed by atoms with Gasteiger partial charge in [0.2, 0.25) is 0 Å². The molecule has 0 radical (unpaired) electrons. The van der Waals surface area contributed by atoms with Gasteiger partial charge in [-0.15, -0.1) is 10.2 Å². The van der Waals surface area contributed by atoms with Crippen molar-refractivity contribution in [1.29, 1.82) is 0 Å². The molecule has 0 spiro atoms. The Morgan fingerprint density at radius 2 is 1.96 bits per heavy atom. The Morgan fingerprint density at radius 1 is 1.15 bits per heavy atom. The molecule has 2 aromatic carbocycles. The van der Waals surface area contributed by atoms with Crippen LogP contribution in [0.25, 0.3) is 16.7 Å². The van der Waals surface area contributed by atoms with E-state index < -0.39 is 0 Å². The van der Waals surface area contributed by atoms with Crippen LogP contribution in [0.5, 0.6) is 0 Å². The minimum Gasteiger partial charge on any atom is -0.340 e. The number of anilines is 2. The molecule has 5 rings (SSSR count). The summed E-state index contributed by atoms with van der Waals surface area (Å²) in [6.07, 6.45) is 3.19. The predicted octanol–water partition coefficient (Wildman–Crippen LogP) is 3.88. The van der Waals surface area contributed by atoms with Crippen molar-refractivity contribution in [3.63, 3.8) is 0 Å². The molecule has 1 N–H and O–H groups in total. The summed E-state index contributed by atoms with van der Waals surface area (Å²) in [7, 11) is 0. The van der Waals surface area contributed by atoms with Crippen molar-refractivity contribution in [1.82, 2.24) is 19.6 Å². The fourth-order valence-corrected chi connectivity index (χ4v) is 3.27. The fraction of sp³-hybridized carbons (Fsp3) is 0.211. The van der Waals surface area contributed by atoms with Gasteiger partial charge in [-0.25, -0.2) is 0 Å². The lowest BCUT2D eigenvalue weighted by atomic mass is 10.2. The fourth-order valence-electron chi connectivity index (χ4n) is 3.27. The van der Waals surface area contributed by atoms with Crippen LogP contribution in [0.3, 0.4) is 0 Å². The first kappa shape index (κ1) is 15.7. The lowest BCUT2D eigenvalue weighted by Gasteiger charge is -2.11. The molecular formula is C19H16N6O2. The number of para-hydroxylation sites is 1. The van der Waals surface area contributed by atoms with Gasteiger partial charge in [-0.3, -0.25) is 14.5 Å². The predicted molar refractivity (Wildman–Crippen MR) is 101 cm³/mol. The molecule has 0 aliphatic heterocycles. The summed E-state index contributed by atoms with van der Waals surface area (Å²) in [4.78, 5) is 15.5. The minimum atomic E-state index is -0.388. The number of hydrogen-bond donors (Lipinski definition) is 1. The Kier molecular flexibility index (Phi) is 3.49. The van der Waals surface area contributed by atoms with Crippen LogP contribution in [0.15, 0.2) is 48.5 Å². The lowest BCUT2D eigenvalue weighted by Crippen LogP contribution is -2.03. The quantitative estimate of drug-likeness (QED) is 0.428. The van der Waals surface area contributed by atoms with Crippen molar-refractivity contribution >= 4 is 33.9 Å². The van der Waals surface area contributed by atoms with Gasteiger partial charge < -0.3 is 5.32 Å². The van der Waals surface area contributed by atoms with Crippen molar-refractivity contribution in [2.45, 2.75) is 19.3 Å². The van der Waals surface area contributed by atoms with Gasteiger partial charge in [-0.05, 0) is 37.0 Å². The van der Waals surface area contributed by atoms with E-state index in [-0.39, 0.29) is 10.6 Å². The highest BCUT2D eigenvalue weighted by Crippen LogP contribution is 2.34. The molecule has 1 fully saturated rings. The van der Waals surface area contributed by atoms with Crippen LogP contribution in [-0.4, -0.2) is 24.5 Å². The molecule has 0 bridgehead atoms. The number of hydrogen-bond acceptors (Lipinski definition) is 6. The summed E-state index contributed by atoms with van der Waals surface area (Å²) in [6.45, 7) is 0. The third-order valence-corrected chi connectivity index (χ3v) is 4.82. The third kappa shape index (κ3) is 2.84. The van der Waals surface area contributed by atoms with Crippen molar-refractivity contribution in [2.75, 3.05) is 5.32 Å². The van der Waals surface area contributed by atoms with Crippen LogP contribution in [0.4, 0.5) is 17.2 Å². The molecule has 4 aromatic rings. The van der Waals surface area contributed by atoms with E-state index in [1.54, 1.807) is 12.1 Å². The Bertz CT molecular complexity index is 1170. The maximum atomic E-state index is 11.3. The monoisotopic (exact) mass is 360 g/mol. The molecule has 8 heteroatoms. The van der Waals surface area contributed by atoms with E-state index in [9.17, 15) is 10.1 Å². The number of aromatic nitrogens is 4. The van der Waals surface area contributed by atoms with Crippen molar-refractivity contribution in [2.24, 2.45) is 5.92 Å². The SMILES string of the molecule is O=[N+]([O-])c1ccc2c(Nc3ccccc3)nc3nnc(CC4CC4)n3c2c1. The molecule has 0 saturated heterocycles.